The third-order valence-corrected chi connectivity index (χ3v) is 5.22. The molecule has 0 bridgehead atoms. The maximum atomic E-state index is 13.3. The molecular weight excluding hydrogens is 333 g/mol. The molecule has 0 aliphatic carbocycles. The lowest BCUT2D eigenvalue weighted by molar-refractivity contribution is 0.107. The summed E-state index contributed by atoms with van der Waals surface area (Å²) in [6.45, 7) is 1.69. The van der Waals surface area contributed by atoms with Crippen LogP contribution in [0.5, 0.6) is 5.75 Å². The molecule has 1 N–H and O–H groups in total. The highest BCUT2D eigenvalue weighted by atomic mass is 32.2. The first-order valence-corrected chi connectivity index (χ1v) is 8.78. The SMILES string of the molecule is COc1ccc(S(=O)(=O)NCC(OC)c2cccc(F)c2)c(C)c1. The van der Waals surface area contributed by atoms with Crippen LogP contribution in [0.2, 0.25) is 0 Å². The van der Waals surface area contributed by atoms with E-state index in [2.05, 4.69) is 4.72 Å². The van der Waals surface area contributed by atoms with Gasteiger partial charge < -0.3 is 9.47 Å². The van der Waals surface area contributed by atoms with Gasteiger partial charge in [0.05, 0.1) is 18.1 Å². The van der Waals surface area contributed by atoms with Crippen LogP contribution in [-0.2, 0) is 14.8 Å². The summed E-state index contributed by atoms with van der Waals surface area (Å²) in [7, 11) is -0.754. The number of benzene rings is 2. The summed E-state index contributed by atoms with van der Waals surface area (Å²) in [5.74, 6) is 0.185. The summed E-state index contributed by atoms with van der Waals surface area (Å²) in [5.41, 5.74) is 1.13. The minimum absolute atomic E-state index is 0.00619. The quantitative estimate of drug-likeness (QED) is 0.831. The Kier molecular flexibility index (Phi) is 5.93. The first-order valence-electron chi connectivity index (χ1n) is 7.30. The third-order valence-electron chi connectivity index (χ3n) is 3.64. The molecule has 0 radical (unpaired) electrons. The average molecular weight is 353 g/mol. The molecule has 2 aromatic rings. The molecule has 0 aromatic heterocycles. The van der Waals surface area contributed by atoms with Gasteiger partial charge >= 0.3 is 0 Å². The maximum absolute atomic E-state index is 13.3. The highest BCUT2D eigenvalue weighted by Crippen LogP contribution is 2.22. The Morgan fingerprint density at radius 2 is 1.92 bits per heavy atom. The van der Waals surface area contributed by atoms with Crippen molar-refractivity contribution >= 4 is 10.0 Å². The number of aryl methyl sites for hydroxylation is 1. The van der Waals surface area contributed by atoms with Crippen molar-refractivity contribution in [1.82, 2.24) is 4.72 Å². The van der Waals surface area contributed by atoms with Crippen molar-refractivity contribution in [2.45, 2.75) is 17.9 Å². The van der Waals surface area contributed by atoms with Crippen molar-refractivity contribution in [2.24, 2.45) is 0 Å². The zero-order valence-electron chi connectivity index (χ0n) is 13.7. The van der Waals surface area contributed by atoms with Crippen LogP contribution in [0.1, 0.15) is 17.2 Å². The number of halogens is 1. The van der Waals surface area contributed by atoms with Gasteiger partial charge in [-0.3, -0.25) is 0 Å². The van der Waals surface area contributed by atoms with Crippen LogP contribution in [0.15, 0.2) is 47.4 Å². The summed E-state index contributed by atoms with van der Waals surface area (Å²) in [4.78, 5) is 0.164. The highest BCUT2D eigenvalue weighted by Gasteiger charge is 2.20. The minimum Gasteiger partial charge on any atom is -0.497 e. The molecule has 24 heavy (non-hydrogen) atoms. The normalized spacial score (nSPS) is 12.8. The molecule has 0 heterocycles. The second-order valence-corrected chi connectivity index (χ2v) is 7.00. The van der Waals surface area contributed by atoms with Crippen molar-refractivity contribution in [2.75, 3.05) is 20.8 Å². The van der Waals surface area contributed by atoms with Gasteiger partial charge in [-0.2, -0.15) is 0 Å². The molecule has 5 nitrogen and oxygen atoms in total. The van der Waals surface area contributed by atoms with Gasteiger partial charge in [0.25, 0.3) is 0 Å². The molecule has 130 valence electrons. The zero-order chi connectivity index (χ0) is 17.7. The van der Waals surface area contributed by atoms with Gasteiger partial charge in [0.15, 0.2) is 0 Å². The smallest absolute Gasteiger partial charge is 0.240 e. The van der Waals surface area contributed by atoms with Crippen LogP contribution >= 0.6 is 0 Å². The Balaban J connectivity index is 2.17. The lowest BCUT2D eigenvalue weighted by Gasteiger charge is -2.17. The highest BCUT2D eigenvalue weighted by molar-refractivity contribution is 7.89. The first kappa shape index (κ1) is 18.4. The van der Waals surface area contributed by atoms with Crippen molar-refractivity contribution in [1.29, 1.82) is 0 Å². The van der Waals surface area contributed by atoms with Crippen molar-refractivity contribution in [3.05, 3.63) is 59.4 Å². The molecule has 0 amide bonds. The number of hydrogen-bond donors (Lipinski definition) is 1. The van der Waals surface area contributed by atoms with E-state index in [0.29, 0.717) is 16.9 Å². The van der Waals surface area contributed by atoms with E-state index in [9.17, 15) is 12.8 Å². The number of methoxy groups -OCH3 is 2. The Morgan fingerprint density at radius 1 is 1.17 bits per heavy atom. The monoisotopic (exact) mass is 353 g/mol. The lowest BCUT2D eigenvalue weighted by Crippen LogP contribution is -2.29. The summed E-state index contributed by atoms with van der Waals surface area (Å²) in [6, 6.07) is 10.6. The molecular formula is C17H20FNO4S. The topological polar surface area (TPSA) is 64.6 Å². The molecule has 0 saturated carbocycles. The molecule has 1 unspecified atom stereocenters. The molecule has 2 rings (SSSR count). The average Bonchev–Trinajstić information content (AvgIpc) is 2.55. The second-order valence-electron chi connectivity index (χ2n) is 5.26. The fraction of sp³-hybridized carbons (Fsp3) is 0.294. The van der Waals surface area contributed by atoms with Gasteiger partial charge in [-0.05, 0) is 48.4 Å². The van der Waals surface area contributed by atoms with E-state index in [1.165, 1.54) is 32.4 Å². The van der Waals surface area contributed by atoms with Crippen LogP contribution in [0.3, 0.4) is 0 Å². The van der Waals surface area contributed by atoms with E-state index in [1.807, 2.05) is 0 Å². The van der Waals surface area contributed by atoms with Crippen LogP contribution in [-0.4, -0.2) is 29.2 Å². The molecule has 7 heteroatoms. The van der Waals surface area contributed by atoms with E-state index < -0.39 is 21.9 Å². The van der Waals surface area contributed by atoms with Crippen LogP contribution < -0.4 is 9.46 Å². The van der Waals surface area contributed by atoms with E-state index in [-0.39, 0.29) is 11.4 Å². The summed E-state index contributed by atoms with van der Waals surface area (Å²) in [5, 5.41) is 0. The molecule has 2 aromatic carbocycles. The number of ether oxygens (including phenoxy) is 2. The summed E-state index contributed by atoms with van der Waals surface area (Å²) in [6.07, 6.45) is -0.589. The minimum atomic E-state index is -3.72. The van der Waals surface area contributed by atoms with Gasteiger partial charge in [0, 0.05) is 13.7 Å². The summed E-state index contributed by atoms with van der Waals surface area (Å²) < 4.78 is 51.2. The van der Waals surface area contributed by atoms with Crippen molar-refractivity contribution in [3.8, 4) is 5.75 Å². The van der Waals surface area contributed by atoms with Gasteiger partial charge in [-0.25, -0.2) is 17.5 Å². The number of rotatable bonds is 7. The Morgan fingerprint density at radius 3 is 2.50 bits per heavy atom. The van der Waals surface area contributed by atoms with Gasteiger partial charge in [-0.1, -0.05) is 12.1 Å². The van der Waals surface area contributed by atoms with Crippen LogP contribution in [0, 0.1) is 12.7 Å². The molecule has 0 aliphatic rings. The Labute approximate surface area is 141 Å². The number of hydrogen-bond acceptors (Lipinski definition) is 4. The Bertz CT molecular complexity index is 808. The third kappa shape index (κ3) is 4.31. The number of sulfonamides is 1. The largest absolute Gasteiger partial charge is 0.497 e. The standard InChI is InChI=1S/C17H20FNO4S/c1-12-9-15(22-2)7-8-17(12)24(20,21)19-11-16(23-3)13-5-4-6-14(18)10-13/h4-10,16,19H,11H2,1-3H3. The Hall–Kier alpha value is -1.96. The predicted octanol–water partition coefficient (Wildman–Crippen LogP) is 2.81. The van der Waals surface area contributed by atoms with E-state index in [1.54, 1.807) is 31.2 Å². The predicted molar refractivity (Wildman–Crippen MR) is 89.1 cm³/mol. The van der Waals surface area contributed by atoms with Crippen molar-refractivity contribution in [3.63, 3.8) is 0 Å². The number of nitrogens with one attached hydrogen (secondary N) is 1. The molecule has 0 fully saturated rings. The van der Waals surface area contributed by atoms with E-state index in [4.69, 9.17) is 9.47 Å². The molecule has 0 saturated heterocycles. The molecule has 0 spiro atoms. The summed E-state index contributed by atoms with van der Waals surface area (Å²) >= 11 is 0. The lowest BCUT2D eigenvalue weighted by atomic mass is 10.1. The van der Waals surface area contributed by atoms with Gasteiger partial charge in [0.2, 0.25) is 10.0 Å². The fourth-order valence-corrected chi connectivity index (χ4v) is 3.61. The van der Waals surface area contributed by atoms with Crippen LogP contribution in [0.25, 0.3) is 0 Å². The second kappa shape index (κ2) is 7.74. The zero-order valence-corrected chi connectivity index (χ0v) is 14.6. The maximum Gasteiger partial charge on any atom is 0.240 e. The first-order chi connectivity index (χ1) is 11.4. The van der Waals surface area contributed by atoms with Crippen LogP contribution in [0.4, 0.5) is 4.39 Å². The van der Waals surface area contributed by atoms with Gasteiger partial charge in [0.1, 0.15) is 11.6 Å². The van der Waals surface area contributed by atoms with E-state index >= 15 is 0 Å². The molecule has 0 aliphatic heterocycles. The van der Waals surface area contributed by atoms with Crippen molar-refractivity contribution < 1.29 is 22.3 Å². The fourth-order valence-electron chi connectivity index (χ4n) is 2.36. The molecule has 1 atom stereocenters. The van der Waals surface area contributed by atoms with Gasteiger partial charge in [-0.15, -0.1) is 0 Å². The van der Waals surface area contributed by atoms with E-state index in [0.717, 1.165) is 0 Å².